The van der Waals surface area contributed by atoms with Gasteiger partial charge in [-0.2, -0.15) is 0 Å². The van der Waals surface area contributed by atoms with Gasteiger partial charge in [0.1, 0.15) is 5.82 Å². The zero-order valence-corrected chi connectivity index (χ0v) is 15.6. The van der Waals surface area contributed by atoms with E-state index in [2.05, 4.69) is 41.5 Å². The summed E-state index contributed by atoms with van der Waals surface area (Å²) in [6.07, 6.45) is 8.23. The van der Waals surface area contributed by atoms with E-state index in [0.29, 0.717) is 6.04 Å². The summed E-state index contributed by atoms with van der Waals surface area (Å²) in [5, 5.41) is 6.03. The topological polar surface area (TPSA) is 24.9 Å². The molecule has 1 atom stereocenters. The minimum absolute atomic E-state index is 0.144. The molecule has 0 aliphatic carbocycles. The number of pyridine rings is 1. The van der Waals surface area contributed by atoms with E-state index >= 15 is 0 Å². The van der Waals surface area contributed by atoms with Gasteiger partial charge >= 0.3 is 0 Å². The Morgan fingerprint density at radius 2 is 1.92 bits per heavy atom. The summed E-state index contributed by atoms with van der Waals surface area (Å²) in [7, 11) is 0. The van der Waals surface area contributed by atoms with Crippen LogP contribution in [0.25, 0.3) is 10.8 Å². The van der Waals surface area contributed by atoms with Crippen molar-refractivity contribution >= 4 is 10.8 Å². The number of aryl methyl sites for hydroxylation is 2. The maximum Gasteiger partial charge on any atom is 0.123 e. The molecule has 136 valence electrons. The quantitative estimate of drug-likeness (QED) is 0.537. The van der Waals surface area contributed by atoms with Crippen LogP contribution < -0.4 is 5.32 Å². The number of rotatable bonds is 8. The number of aromatic nitrogens is 1. The fraction of sp³-hybridized carbons (Fsp3) is 0.348. The number of nitrogens with zero attached hydrogens (tertiary/aromatic N) is 1. The Morgan fingerprint density at radius 3 is 2.77 bits per heavy atom. The Hall–Kier alpha value is -2.26. The number of unbranched alkanes of at least 4 members (excludes halogenated alkanes) is 1. The van der Waals surface area contributed by atoms with Crippen LogP contribution in [0.15, 0.2) is 54.9 Å². The van der Waals surface area contributed by atoms with Gasteiger partial charge in [-0.1, -0.05) is 24.6 Å². The molecular formula is C23H27FN2. The van der Waals surface area contributed by atoms with Crippen molar-refractivity contribution < 1.29 is 4.39 Å². The van der Waals surface area contributed by atoms with E-state index in [1.807, 2.05) is 25.4 Å². The summed E-state index contributed by atoms with van der Waals surface area (Å²) in [5.41, 5.74) is 3.62. The molecular weight excluding hydrogens is 323 g/mol. The average molecular weight is 350 g/mol. The van der Waals surface area contributed by atoms with E-state index in [9.17, 15) is 4.39 Å². The molecule has 0 radical (unpaired) electrons. The maximum atomic E-state index is 13.1. The lowest BCUT2D eigenvalue weighted by Crippen LogP contribution is -2.25. The number of hydrogen-bond donors (Lipinski definition) is 1. The van der Waals surface area contributed by atoms with Crippen LogP contribution in [0.3, 0.4) is 0 Å². The molecule has 3 heteroatoms. The number of fused-ring (bicyclic) bond motifs is 1. The summed E-state index contributed by atoms with van der Waals surface area (Å²) in [6, 6.07) is 14.2. The van der Waals surface area contributed by atoms with Gasteiger partial charge in [-0.25, -0.2) is 4.39 Å². The average Bonchev–Trinajstić information content (AvgIpc) is 2.65. The van der Waals surface area contributed by atoms with E-state index in [1.54, 1.807) is 12.1 Å². The molecule has 3 rings (SSSR count). The first-order valence-corrected chi connectivity index (χ1v) is 9.43. The first-order chi connectivity index (χ1) is 12.6. The SMILES string of the molecule is Cc1cc(F)ccc1CCCC[C@@H](C)NCc1ccc2cnccc2c1. The highest BCUT2D eigenvalue weighted by Crippen LogP contribution is 2.16. The van der Waals surface area contributed by atoms with Crippen LogP contribution in [0.4, 0.5) is 4.39 Å². The third kappa shape index (κ3) is 5.12. The molecule has 1 aromatic heterocycles. The molecule has 2 aromatic carbocycles. The van der Waals surface area contributed by atoms with Crippen LogP contribution in [0.1, 0.15) is 42.9 Å². The minimum Gasteiger partial charge on any atom is -0.310 e. The summed E-state index contributed by atoms with van der Waals surface area (Å²) in [6.45, 7) is 5.12. The van der Waals surface area contributed by atoms with Crippen molar-refractivity contribution in [1.29, 1.82) is 0 Å². The lowest BCUT2D eigenvalue weighted by molar-refractivity contribution is 0.489. The molecule has 1 heterocycles. The second-order valence-corrected chi connectivity index (χ2v) is 7.16. The first-order valence-electron chi connectivity index (χ1n) is 9.43. The highest BCUT2D eigenvalue weighted by molar-refractivity contribution is 5.81. The number of nitrogens with one attached hydrogen (secondary N) is 1. The van der Waals surface area contributed by atoms with Crippen LogP contribution in [0, 0.1) is 12.7 Å². The van der Waals surface area contributed by atoms with Gasteiger partial charge in [-0.05, 0) is 79.5 Å². The van der Waals surface area contributed by atoms with Crippen molar-refractivity contribution in [2.75, 3.05) is 0 Å². The molecule has 2 nitrogen and oxygen atoms in total. The summed E-state index contributed by atoms with van der Waals surface area (Å²) in [5.74, 6) is -0.144. The molecule has 0 saturated carbocycles. The number of benzene rings is 2. The largest absolute Gasteiger partial charge is 0.310 e. The van der Waals surface area contributed by atoms with Gasteiger partial charge in [0, 0.05) is 30.4 Å². The van der Waals surface area contributed by atoms with Crippen LogP contribution in [-0.4, -0.2) is 11.0 Å². The van der Waals surface area contributed by atoms with E-state index in [1.165, 1.54) is 28.3 Å². The van der Waals surface area contributed by atoms with Gasteiger partial charge in [0.2, 0.25) is 0 Å². The van der Waals surface area contributed by atoms with Crippen molar-refractivity contribution in [2.45, 2.75) is 52.1 Å². The van der Waals surface area contributed by atoms with Gasteiger partial charge in [-0.15, -0.1) is 0 Å². The molecule has 0 bridgehead atoms. The lowest BCUT2D eigenvalue weighted by Gasteiger charge is -2.14. The van der Waals surface area contributed by atoms with Crippen molar-refractivity contribution in [3.8, 4) is 0 Å². The Morgan fingerprint density at radius 1 is 1.04 bits per heavy atom. The Kier molecular flexibility index (Phi) is 6.35. The Bertz CT molecular complexity index is 860. The van der Waals surface area contributed by atoms with Crippen LogP contribution in [-0.2, 0) is 13.0 Å². The summed E-state index contributed by atoms with van der Waals surface area (Å²) < 4.78 is 13.1. The molecule has 0 unspecified atom stereocenters. The summed E-state index contributed by atoms with van der Waals surface area (Å²) >= 11 is 0. The summed E-state index contributed by atoms with van der Waals surface area (Å²) in [4.78, 5) is 4.16. The van der Waals surface area contributed by atoms with E-state index in [-0.39, 0.29) is 5.82 Å². The fourth-order valence-corrected chi connectivity index (χ4v) is 3.34. The second kappa shape index (κ2) is 8.91. The predicted molar refractivity (Wildman–Crippen MR) is 107 cm³/mol. The van der Waals surface area contributed by atoms with Crippen LogP contribution in [0.2, 0.25) is 0 Å². The molecule has 3 aromatic rings. The highest BCUT2D eigenvalue weighted by Gasteiger charge is 2.04. The zero-order valence-electron chi connectivity index (χ0n) is 15.6. The van der Waals surface area contributed by atoms with E-state index < -0.39 is 0 Å². The van der Waals surface area contributed by atoms with Crippen LogP contribution in [0.5, 0.6) is 0 Å². The standard InChI is InChI=1S/C23H27FN2/c1-17-13-23(24)10-9-20(17)6-4-3-5-18(2)26-15-19-7-8-22-16-25-12-11-21(22)14-19/h7-14,16,18,26H,3-6,15H2,1-2H3/t18-/m1/s1. The molecule has 0 aliphatic rings. The minimum atomic E-state index is -0.144. The molecule has 26 heavy (non-hydrogen) atoms. The van der Waals surface area contributed by atoms with E-state index in [4.69, 9.17) is 0 Å². The lowest BCUT2D eigenvalue weighted by atomic mass is 10.0. The molecule has 0 aliphatic heterocycles. The van der Waals surface area contributed by atoms with Gasteiger partial charge < -0.3 is 5.32 Å². The molecule has 1 N–H and O–H groups in total. The van der Waals surface area contributed by atoms with Gasteiger partial charge in [0.15, 0.2) is 0 Å². The van der Waals surface area contributed by atoms with Crippen molar-refractivity contribution in [3.05, 3.63) is 77.4 Å². The van der Waals surface area contributed by atoms with Crippen molar-refractivity contribution in [3.63, 3.8) is 0 Å². The maximum absolute atomic E-state index is 13.1. The van der Waals surface area contributed by atoms with Crippen molar-refractivity contribution in [1.82, 2.24) is 10.3 Å². The molecule has 0 spiro atoms. The Balaban J connectivity index is 1.40. The van der Waals surface area contributed by atoms with Crippen LogP contribution >= 0.6 is 0 Å². The van der Waals surface area contributed by atoms with Gasteiger partial charge in [0.25, 0.3) is 0 Å². The predicted octanol–water partition coefficient (Wildman–Crippen LogP) is 5.57. The highest BCUT2D eigenvalue weighted by atomic mass is 19.1. The Labute approximate surface area is 155 Å². The first kappa shape index (κ1) is 18.5. The zero-order chi connectivity index (χ0) is 18.4. The monoisotopic (exact) mass is 350 g/mol. The normalized spacial score (nSPS) is 12.4. The second-order valence-electron chi connectivity index (χ2n) is 7.16. The smallest absolute Gasteiger partial charge is 0.123 e. The number of halogens is 1. The molecule has 0 amide bonds. The molecule has 0 fully saturated rings. The third-order valence-corrected chi connectivity index (χ3v) is 5.00. The van der Waals surface area contributed by atoms with Gasteiger partial charge in [0.05, 0.1) is 0 Å². The van der Waals surface area contributed by atoms with Crippen molar-refractivity contribution in [2.24, 2.45) is 0 Å². The van der Waals surface area contributed by atoms with Gasteiger partial charge in [-0.3, -0.25) is 4.98 Å². The van der Waals surface area contributed by atoms with E-state index in [0.717, 1.165) is 31.4 Å². The molecule has 0 saturated heterocycles. The number of hydrogen-bond acceptors (Lipinski definition) is 2. The third-order valence-electron chi connectivity index (χ3n) is 5.00. The fourth-order valence-electron chi connectivity index (χ4n) is 3.34.